The average molecular weight is 459 g/mol. The lowest BCUT2D eigenvalue weighted by Gasteiger charge is -2.32. The highest BCUT2D eigenvalue weighted by atomic mass is 19.1. The van der Waals surface area contributed by atoms with Crippen molar-refractivity contribution < 1.29 is 4.39 Å². The second kappa shape index (κ2) is 8.50. The SMILES string of the molecule is Cc1nc(C2NNCC2c2ccc3ncc(-c4cnn(C[C@H]5C[C@H](N)C5)c4)cc3n2)ccc1F. The van der Waals surface area contributed by atoms with Crippen LogP contribution in [0.5, 0.6) is 0 Å². The van der Waals surface area contributed by atoms with Crippen LogP contribution in [0, 0.1) is 18.7 Å². The monoisotopic (exact) mass is 458 g/mol. The van der Waals surface area contributed by atoms with Gasteiger partial charge in [-0.25, -0.2) is 9.82 Å². The van der Waals surface area contributed by atoms with Crippen LogP contribution in [0.25, 0.3) is 22.2 Å². The molecule has 2 aliphatic rings. The van der Waals surface area contributed by atoms with Gasteiger partial charge in [-0.05, 0) is 56.0 Å². The fraction of sp³-hybridized carbons (Fsp3) is 0.360. The number of pyridine rings is 3. The second-order valence-electron chi connectivity index (χ2n) is 9.46. The molecule has 0 bridgehead atoms. The van der Waals surface area contributed by atoms with Crippen LogP contribution in [-0.4, -0.2) is 37.3 Å². The molecule has 34 heavy (non-hydrogen) atoms. The molecular formula is C25H27FN8. The largest absolute Gasteiger partial charge is 0.328 e. The van der Waals surface area contributed by atoms with Gasteiger partial charge >= 0.3 is 0 Å². The number of rotatable bonds is 5. The lowest BCUT2D eigenvalue weighted by Crippen LogP contribution is -2.38. The number of aromatic nitrogens is 5. The third-order valence-corrected chi connectivity index (χ3v) is 6.97. The first kappa shape index (κ1) is 21.3. The minimum absolute atomic E-state index is 0.0574. The van der Waals surface area contributed by atoms with E-state index in [1.165, 1.54) is 6.07 Å². The molecule has 4 aromatic rings. The van der Waals surface area contributed by atoms with Crippen LogP contribution in [0.2, 0.25) is 0 Å². The maximum Gasteiger partial charge on any atom is 0.144 e. The molecule has 4 N–H and O–H groups in total. The summed E-state index contributed by atoms with van der Waals surface area (Å²) in [5.41, 5.74) is 18.2. The zero-order valence-corrected chi connectivity index (χ0v) is 18.9. The fourth-order valence-corrected chi connectivity index (χ4v) is 4.99. The third-order valence-electron chi connectivity index (χ3n) is 6.97. The lowest BCUT2D eigenvalue weighted by molar-refractivity contribution is 0.227. The molecule has 1 aliphatic carbocycles. The quantitative estimate of drug-likeness (QED) is 0.422. The van der Waals surface area contributed by atoms with E-state index in [-0.39, 0.29) is 17.8 Å². The van der Waals surface area contributed by atoms with Crippen molar-refractivity contribution in [1.82, 2.24) is 35.6 Å². The minimum Gasteiger partial charge on any atom is -0.328 e. The number of hydrazine groups is 1. The molecule has 5 heterocycles. The van der Waals surface area contributed by atoms with Crippen LogP contribution in [0.1, 0.15) is 41.9 Å². The van der Waals surface area contributed by atoms with Crippen molar-refractivity contribution in [2.45, 2.75) is 44.3 Å². The number of halogens is 1. The van der Waals surface area contributed by atoms with Crippen molar-refractivity contribution in [3.05, 3.63) is 71.8 Å². The number of aryl methyl sites for hydroxylation is 1. The van der Waals surface area contributed by atoms with Crippen LogP contribution in [0.4, 0.5) is 4.39 Å². The summed E-state index contributed by atoms with van der Waals surface area (Å²) in [4.78, 5) is 14.0. The standard InChI is InChI=1S/C25H27FN8/c1-14-20(26)2-3-23(31-14)25-19(11-29-33-25)21-4-5-22-24(32-21)8-16(9-28-22)17-10-30-34(13-17)12-15-6-18(27)7-15/h2-5,8-10,13,15,18-19,25,29,33H,6-7,11-12,27H2,1H3/t15-,18-,19?,25?. The Morgan fingerprint density at radius 2 is 1.91 bits per heavy atom. The van der Waals surface area contributed by atoms with E-state index in [0.29, 0.717) is 24.2 Å². The van der Waals surface area contributed by atoms with E-state index in [1.807, 2.05) is 29.2 Å². The molecule has 0 spiro atoms. The Morgan fingerprint density at radius 1 is 1.06 bits per heavy atom. The maximum atomic E-state index is 13.7. The van der Waals surface area contributed by atoms with Gasteiger partial charge in [0, 0.05) is 54.3 Å². The van der Waals surface area contributed by atoms with Gasteiger partial charge in [-0.2, -0.15) is 5.10 Å². The Hall–Kier alpha value is -3.27. The summed E-state index contributed by atoms with van der Waals surface area (Å²) in [5.74, 6) is 0.373. The number of nitrogens with zero attached hydrogens (tertiary/aromatic N) is 5. The number of fused-ring (bicyclic) bond motifs is 1. The van der Waals surface area contributed by atoms with E-state index in [1.54, 1.807) is 13.0 Å². The van der Waals surface area contributed by atoms with Crippen molar-refractivity contribution in [2.24, 2.45) is 11.7 Å². The number of hydrogen-bond donors (Lipinski definition) is 3. The molecule has 0 radical (unpaired) electrons. The van der Waals surface area contributed by atoms with Crippen molar-refractivity contribution in [3.63, 3.8) is 0 Å². The average Bonchev–Trinajstić information content (AvgIpc) is 3.49. The minimum atomic E-state index is -0.298. The third kappa shape index (κ3) is 3.96. The van der Waals surface area contributed by atoms with Crippen molar-refractivity contribution in [1.29, 1.82) is 0 Å². The topological polar surface area (TPSA) is 107 Å². The van der Waals surface area contributed by atoms with Gasteiger partial charge in [-0.3, -0.25) is 25.1 Å². The van der Waals surface area contributed by atoms with Gasteiger partial charge in [0.05, 0.1) is 34.7 Å². The van der Waals surface area contributed by atoms with Gasteiger partial charge in [0.25, 0.3) is 0 Å². The van der Waals surface area contributed by atoms with Crippen molar-refractivity contribution >= 4 is 11.0 Å². The molecule has 1 aliphatic heterocycles. The van der Waals surface area contributed by atoms with Crippen LogP contribution < -0.4 is 16.6 Å². The normalized spacial score (nSPS) is 24.4. The molecule has 8 nitrogen and oxygen atoms in total. The van der Waals surface area contributed by atoms with E-state index >= 15 is 0 Å². The highest BCUT2D eigenvalue weighted by Crippen LogP contribution is 2.33. The molecule has 1 saturated heterocycles. The summed E-state index contributed by atoms with van der Waals surface area (Å²) in [7, 11) is 0. The van der Waals surface area contributed by atoms with Gasteiger partial charge in [-0.1, -0.05) is 0 Å². The predicted octanol–water partition coefficient (Wildman–Crippen LogP) is 3.01. The second-order valence-corrected chi connectivity index (χ2v) is 9.46. The van der Waals surface area contributed by atoms with Gasteiger partial charge in [0.2, 0.25) is 0 Å². The summed E-state index contributed by atoms with van der Waals surface area (Å²) in [6.07, 6.45) is 7.96. The number of hydrogen-bond acceptors (Lipinski definition) is 7. The number of nitrogens with one attached hydrogen (secondary N) is 2. The molecular weight excluding hydrogens is 431 g/mol. The van der Waals surface area contributed by atoms with Gasteiger partial charge in [0.1, 0.15) is 5.82 Å². The summed E-state index contributed by atoms with van der Waals surface area (Å²) in [6.45, 7) is 3.28. The predicted molar refractivity (Wildman–Crippen MR) is 127 cm³/mol. The molecule has 4 aromatic heterocycles. The molecule has 1 saturated carbocycles. The molecule has 2 fully saturated rings. The fourth-order valence-electron chi connectivity index (χ4n) is 4.99. The summed E-state index contributed by atoms with van der Waals surface area (Å²) in [6, 6.07) is 9.53. The zero-order valence-electron chi connectivity index (χ0n) is 18.9. The Bertz CT molecular complexity index is 1350. The first-order valence-corrected chi connectivity index (χ1v) is 11.7. The van der Waals surface area contributed by atoms with Crippen LogP contribution in [0.3, 0.4) is 0 Å². The van der Waals surface area contributed by atoms with Crippen LogP contribution in [0.15, 0.2) is 48.9 Å². The van der Waals surface area contributed by atoms with Gasteiger partial charge in [-0.15, -0.1) is 0 Å². The maximum absolute atomic E-state index is 13.7. The Labute approximate surface area is 196 Å². The Kier molecular flexibility index (Phi) is 5.32. The van der Waals surface area contributed by atoms with E-state index in [0.717, 1.165) is 52.9 Å². The van der Waals surface area contributed by atoms with E-state index in [2.05, 4.69) is 38.2 Å². The summed E-state index contributed by atoms with van der Waals surface area (Å²) < 4.78 is 15.7. The number of nitrogens with two attached hydrogens (primary N) is 1. The summed E-state index contributed by atoms with van der Waals surface area (Å²) in [5, 5.41) is 4.53. The van der Waals surface area contributed by atoms with Crippen molar-refractivity contribution in [2.75, 3.05) is 6.54 Å². The first-order valence-electron chi connectivity index (χ1n) is 11.7. The molecule has 6 rings (SSSR count). The highest BCUT2D eigenvalue weighted by Gasteiger charge is 2.32. The smallest absolute Gasteiger partial charge is 0.144 e. The molecule has 2 atom stereocenters. The van der Waals surface area contributed by atoms with E-state index < -0.39 is 0 Å². The lowest BCUT2D eigenvalue weighted by atomic mass is 9.81. The summed E-state index contributed by atoms with van der Waals surface area (Å²) >= 11 is 0. The van der Waals surface area contributed by atoms with Crippen LogP contribution in [-0.2, 0) is 6.54 Å². The van der Waals surface area contributed by atoms with Crippen LogP contribution >= 0.6 is 0 Å². The zero-order chi connectivity index (χ0) is 23.2. The van der Waals surface area contributed by atoms with Gasteiger partial charge < -0.3 is 5.73 Å². The van der Waals surface area contributed by atoms with E-state index in [9.17, 15) is 4.39 Å². The van der Waals surface area contributed by atoms with E-state index in [4.69, 9.17) is 10.7 Å². The highest BCUT2D eigenvalue weighted by molar-refractivity contribution is 5.80. The molecule has 0 amide bonds. The Morgan fingerprint density at radius 3 is 2.74 bits per heavy atom. The van der Waals surface area contributed by atoms with Gasteiger partial charge in [0.15, 0.2) is 0 Å². The first-order chi connectivity index (χ1) is 16.5. The molecule has 9 heteroatoms. The molecule has 174 valence electrons. The Balaban J connectivity index is 1.27. The molecule has 0 aromatic carbocycles. The van der Waals surface area contributed by atoms with Crippen molar-refractivity contribution in [3.8, 4) is 11.1 Å². The molecule has 2 unspecified atom stereocenters.